The third-order valence-electron chi connectivity index (χ3n) is 5.20. The van der Waals surface area contributed by atoms with Crippen LogP contribution in [0, 0.1) is 0 Å². The van der Waals surface area contributed by atoms with Gasteiger partial charge in [-0.3, -0.25) is 14.5 Å². The van der Waals surface area contributed by atoms with Crippen LogP contribution in [-0.4, -0.2) is 44.2 Å². The van der Waals surface area contributed by atoms with Gasteiger partial charge in [0.2, 0.25) is 5.91 Å². The molecule has 0 radical (unpaired) electrons. The smallest absolute Gasteiger partial charge is 0.265 e. The number of nitrogens with zero attached hydrogens (tertiary/aromatic N) is 2. The van der Waals surface area contributed by atoms with Crippen molar-refractivity contribution in [3.8, 4) is 28.5 Å². The van der Waals surface area contributed by atoms with Crippen molar-refractivity contribution in [2.75, 3.05) is 37.6 Å². The molecule has 33 heavy (non-hydrogen) atoms. The van der Waals surface area contributed by atoms with Crippen LogP contribution >= 0.6 is 11.3 Å². The zero-order valence-corrected chi connectivity index (χ0v) is 19.5. The number of hydrogen-bond acceptors (Lipinski definition) is 7. The number of thiazole rings is 1. The minimum Gasteiger partial charge on any atom is -0.497 e. The van der Waals surface area contributed by atoms with Crippen molar-refractivity contribution in [2.24, 2.45) is 0 Å². The second kappa shape index (κ2) is 9.91. The molecule has 0 saturated heterocycles. The van der Waals surface area contributed by atoms with E-state index in [-0.39, 0.29) is 25.0 Å². The zero-order chi connectivity index (χ0) is 23.4. The fraction of sp³-hybridized carbons (Fsp3) is 0.292. The van der Waals surface area contributed by atoms with Gasteiger partial charge in [0.25, 0.3) is 5.91 Å². The second-order valence-electron chi connectivity index (χ2n) is 7.44. The SMILES string of the molecule is CCCc1nc(-c2ccc3c(c2)N(CC(=O)Nc2cc(OC)ccc2OC)C(=O)CO3)cs1. The topological polar surface area (TPSA) is 90.0 Å². The van der Waals surface area contributed by atoms with Crippen molar-refractivity contribution in [3.05, 3.63) is 46.8 Å². The summed E-state index contributed by atoms with van der Waals surface area (Å²) in [6.45, 7) is 1.82. The van der Waals surface area contributed by atoms with E-state index >= 15 is 0 Å². The van der Waals surface area contributed by atoms with E-state index in [9.17, 15) is 9.59 Å². The Hall–Kier alpha value is -3.59. The summed E-state index contributed by atoms with van der Waals surface area (Å²) in [5, 5.41) is 5.88. The summed E-state index contributed by atoms with van der Waals surface area (Å²) in [6, 6.07) is 10.7. The summed E-state index contributed by atoms with van der Waals surface area (Å²) in [4.78, 5) is 31.7. The quantitative estimate of drug-likeness (QED) is 0.535. The van der Waals surface area contributed by atoms with Gasteiger partial charge in [-0.05, 0) is 43.2 Å². The van der Waals surface area contributed by atoms with Crippen molar-refractivity contribution >= 4 is 34.5 Å². The molecule has 0 unspecified atom stereocenters. The highest BCUT2D eigenvalue weighted by Crippen LogP contribution is 2.36. The van der Waals surface area contributed by atoms with Gasteiger partial charge in [0, 0.05) is 17.0 Å². The van der Waals surface area contributed by atoms with E-state index in [1.165, 1.54) is 12.0 Å². The Morgan fingerprint density at radius 2 is 2.06 bits per heavy atom. The maximum absolute atomic E-state index is 12.9. The van der Waals surface area contributed by atoms with Crippen LogP contribution in [0.4, 0.5) is 11.4 Å². The Labute approximate surface area is 196 Å². The number of benzene rings is 2. The minimum atomic E-state index is -0.368. The van der Waals surface area contributed by atoms with E-state index in [1.54, 1.807) is 36.6 Å². The van der Waals surface area contributed by atoms with Gasteiger partial charge < -0.3 is 19.5 Å². The molecule has 172 valence electrons. The number of anilines is 2. The summed E-state index contributed by atoms with van der Waals surface area (Å²) in [5.74, 6) is 0.958. The van der Waals surface area contributed by atoms with Crippen LogP contribution in [0.15, 0.2) is 41.8 Å². The molecule has 0 saturated carbocycles. The molecule has 0 spiro atoms. The number of carbonyl (C=O) groups excluding carboxylic acids is 2. The highest BCUT2D eigenvalue weighted by atomic mass is 32.1. The number of aromatic nitrogens is 1. The Bertz CT molecular complexity index is 1180. The molecule has 3 aromatic rings. The Morgan fingerprint density at radius 3 is 2.82 bits per heavy atom. The van der Waals surface area contributed by atoms with Crippen LogP contribution in [-0.2, 0) is 16.0 Å². The number of nitrogens with one attached hydrogen (secondary N) is 1. The summed E-state index contributed by atoms with van der Waals surface area (Å²) >= 11 is 1.62. The largest absolute Gasteiger partial charge is 0.497 e. The molecule has 9 heteroatoms. The van der Waals surface area contributed by atoms with E-state index in [4.69, 9.17) is 14.2 Å². The first-order valence-corrected chi connectivity index (χ1v) is 11.4. The van der Waals surface area contributed by atoms with Crippen molar-refractivity contribution in [2.45, 2.75) is 19.8 Å². The Balaban J connectivity index is 1.57. The number of fused-ring (bicyclic) bond motifs is 1. The second-order valence-corrected chi connectivity index (χ2v) is 8.38. The summed E-state index contributed by atoms with van der Waals surface area (Å²) in [5.41, 5.74) is 2.71. The van der Waals surface area contributed by atoms with Gasteiger partial charge in [-0.15, -0.1) is 11.3 Å². The van der Waals surface area contributed by atoms with Crippen LogP contribution in [0.25, 0.3) is 11.3 Å². The molecule has 2 amide bonds. The van der Waals surface area contributed by atoms with E-state index in [0.29, 0.717) is 28.6 Å². The number of methoxy groups -OCH3 is 2. The summed E-state index contributed by atoms with van der Waals surface area (Å²) < 4.78 is 16.1. The number of amides is 2. The number of carbonyl (C=O) groups is 2. The number of aryl methyl sites for hydroxylation is 1. The fourth-order valence-corrected chi connectivity index (χ4v) is 4.46. The van der Waals surface area contributed by atoms with Crippen LogP contribution in [0.1, 0.15) is 18.4 Å². The first-order valence-electron chi connectivity index (χ1n) is 10.6. The molecular weight excluding hydrogens is 442 g/mol. The predicted molar refractivity (Wildman–Crippen MR) is 128 cm³/mol. The third kappa shape index (κ3) is 4.93. The van der Waals surface area contributed by atoms with E-state index in [2.05, 4.69) is 17.2 Å². The van der Waals surface area contributed by atoms with Gasteiger partial charge in [-0.2, -0.15) is 0 Å². The van der Waals surface area contributed by atoms with Gasteiger partial charge in [0.1, 0.15) is 23.8 Å². The number of ether oxygens (including phenoxy) is 3. The molecule has 1 N–H and O–H groups in total. The Kier molecular flexibility index (Phi) is 6.79. The highest BCUT2D eigenvalue weighted by Gasteiger charge is 2.28. The molecule has 0 bridgehead atoms. The molecular formula is C24H25N3O5S. The van der Waals surface area contributed by atoms with Gasteiger partial charge in [-0.25, -0.2) is 4.98 Å². The lowest BCUT2D eigenvalue weighted by Crippen LogP contribution is -2.43. The van der Waals surface area contributed by atoms with E-state index < -0.39 is 0 Å². The maximum atomic E-state index is 12.9. The summed E-state index contributed by atoms with van der Waals surface area (Å²) in [6.07, 6.45) is 1.96. The third-order valence-corrected chi connectivity index (χ3v) is 6.10. The van der Waals surface area contributed by atoms with Crippen LogP contribution < -0.4 is 24.4 Å². The monoisotopic (exact) mass is 467 g/mol. The van der Waals surface area contributed by atoms with Crippen molar-refractivity contribution in [3.63, 3.8) is 0 Å². The lowest BCUT2D eigenvalue weighted by Gasteiger charge is -2.29. The average Bonchev–Trinajstić information content (AvgIpc) is 3.29. The molecule has 0 fully saturated rings. The molecule has 1 aliphatic rings. The van der Waals surface area contributed by atoms with Crippen LogP contribution in [0.5, 0.6) is 17.2 Å². The van der Waals surface area contributed by atoms with Gasteiger partial charge in [0.05, 0.1) is 36.3 Å². The van der Waals surface area contributed by atoms with Crippen molar-refractivity contribution in [1.82, 2.24) is 4.98 Å². The lowest BCUT2D eigenvalue weighted by atomic mass is 10.1. The number of rotatable bonds is 8. The molecule has 1 aliphatic heterocycles. The predicted octanol–water partition coefficient (Wildman–Crippen LogP) is 4.14. The van der Waals surface area contributed by atoms with Crippen LogP contribution in [0.3, 0.4) is 0 Å². The van der Waals surface area contributed by atoms with Gasteiger partial charge in [0.15, 0.2) is 6.61 Å². The molecule has 0 aliphatic carbocycles. The molecule has 0 atom stereocenters. The average molecular weight is 468 g/mol. The molecule has 8 nitrogen and oxygen atoms in total. The minimum absolute atomic E-state index is 0.126. The molecule has 2 aromatic carbocycles. The van der Waals surface area contributed by atoms with Gasteiger partial charge >= 0.3 is 0 Å². The maximum Gasteiger partial charge on any atom is 0.265 e. The highest BCUT2D eigenvalue weighted by molar-refractivity contribution is 7.09. The zero-order valence-electron chi connectivity index (χ0n) is 18.7. The normalized spacial score (nSPS) is 12.7. The molecule has 1 aromatic heterocycles. The van der Waals surface area contributed by atoms with E-state index in [1.807, 2.05) is 23.6 Å². The van der Waals surface area contributed by atoms with Crippen LogP contribution in [0.2, 0.25) is 0 Å². The lowest BCUT2D eigenvalue weighted by molar-refractivity contribution is -0.123. The van der Waals surface area contributed by atoms with E-state index in [0.717, 1.165) is 29.1 Å². The standard InChI is InChI=1S/C24H25N3O5S/c1-4-5-23-26-18(14-33-23)15-6-8-21-19(10-15)27(24(29)13-32-21)12-22(28)25-17-11-16(30-2)7-9-20(17)31-3/h6-11,14H,4-5,12-13H2,1-3H3,(H,25,28). The van der Waals surface area contributed by atoms with Crippen molar-refractivity contribution < 1.29 is 23.8 Å². The van der Waals surface area contributed by atoms with Gasteiger partial charge in [-0.1, -0.05) is 6.92 Å². The number of hydrogen-bond donors (Lipinski definition) is 1. The summed E-state index contributed by atoms with van der Waals surface area (Å²) in [7, 11) is 3.06. The Morgan fingerprint density at radius 1 is 1.21 bits per heavy atom. The first-order chi connectivity index (χ1) is 16.0. The molecule has 2 heterocycles. The van der Waals surface area contributed by atoms with Crippen molar-refractivity contribution in [1.29, 1.82) is 0 Å². The molecule has 4 rings (SSSR count). The first kappa shape index (κ1) is 22.6. The fourth-order valence-electron chi connectivity index (χ4n) is 3.55.